The number of benzene rings is 1. The highest BCUT2D eigenvalue weighted by atomic mass is 35.5. The first-order chi connectivity index (χ1) is 13.9. The zero-order valence-corrected chi connectivity index (χ0v) is 17.3. The molecule has 154 valence electrons. The lowest BCUT2D eigenvalue weighted by Crippen LogP contribution is -2.41. The molecule has 1 aromatic heterocycles. The molecule has 1 heterocycles. The average molecular weight is 417 g/mol. The molecule has 29 heavy (non-hydrogen) atoms. The van der Waals surface area contributed by atoms with E-state index in [2.05, 4.69) is 20.9 Å². The highest BCUT2D eigenvalue weighted by Gasteiger charge is 2.24. The monoisotopic (exact) mass is 416 g/mol. The van der Waals surface area contributed by atoms with E-state index in [1.165, 1.54) is 0 Å². The van der Waals surface area contributed by atoms with E-state index in [0.717, 1.165) is 31.2 Å². The number of urea groups is 1. The van der Waals surface area contributed by atoms with Crippen molar-refractivity contribution in [3.63, 3.8) is 0 Å². The number of anilines is 1. The number of aryl methyl sites for hydroxylation is 1. The van der Waals surface area contributed by atoms with Gasteiger partial charge in [0.1, 0.15) is 11.4 Å². The Balaban J connectivity index is 1.46. The molecule has 8 heteroatoms. The molecule has 0 atom stereocenters. The van der Waals surface area contributed by atoms with Crippen LogP contribution in [0.5, 0.6) is 5.75 Å². The molecule has 1 aromatic carbocycles. The van der Waals surface area contributed by atoms with Crippen LogP contribution < -0.4 is 20.7 Å². The van der Waals surface area contributed by atoms with Crippen LogP contribution in [0.3, 0.4) is 0 Å². The van der Waals surface area contributed by atoms with Crippen LogP contribution in [-0.4, -0.2) is 36.1 Å². The SMILES string of the molecule is CNC(=O)c1cc(OC2CCC(NC(=O)Nc3ccc(Cl)c(C)c3)CC2)ccn1. The Morgan fingerprint density at radius 1 is 1.14 bits per heavy atom. The number of ether oxygens (including phenoxy) is 1. The third kappa shape index (κ3) is 5.84. The fraction of sp³-hybridized carbons (Fsp3) is 0.381. The van der Waals surface area contributed by atoms with Crippen LogP contribution in [0.1, 0.15) is 41.7 Å². The largest absolute Gasteiger partial charge is 0.490 e. The Bertz CT molecular complexity index is 882. The minimum Gasteiger partial charge on any atom is -0.490 e. The van der Waals surface area contributed by atoms with Crippen molar-refractivity contribution in [1.82, 2.24) is 15.6 Å². The van der Waals surface area contributed by atoms with Gasteiger partial charge in [0.05, 0.1) is 6.10 Å². The van der Waals surface area contributed by atoms with Crippen molar-refractivity contribution in [3.8, 4) is 5.75 Å². The number of halogens is 1. The fourth-order valence-electron chi connectivity index (χ4n) is 3.33. The molecule has 1 fully saturated rings. The van der Waals surface area contributed by atoms with Gasteiger partial charge in [0.2, 0.25) is 0 Å². The topological polar surface area (TPSA) is 92.4 Å². The predicted molar refractivity (Wildman–Crippen MR) is 113 cm³/mol. The average Bonchev–Trinajstić information content (AvgIpc) is 2.72. The molecule has 3 N–H and O–H groups in total. The van der Waals surface area contributed by atoms with E-state index in [1.54, 1.807) is 37.5 Å². The van der Waals surface area contributed by atoms with Gasteiger partial charge in [0.15, 0.2) is 0 Å². The van der Waals surface area contributed by atoms with Gasteiger partial charge in [0, 0.05) is 36.1 Å². The highest BCUT2D eigenvalue weighted by molar-refractivity contribution is 6.31. The number of nitrogens with zero attached hydrogens (tertiary/aromatic N) is 1. The van der Waals surface area contributed by atoms with E-state index in [-0.39, 0.29) is 24.1 Å². The van der Waals surface area contributed by atoms with Crippen molar-refractivity contribution in [3.05, 3.63) is 52.8 Å². The number of rotatable bonds is 5. The van der Waals surface area contributed by atoms with Crippen LogP contribution in [0, 0.1) is 6.92 Å². The van der Waals surface area contributed by atoms with Gasteiger partial charge in [-0.3, -0.25) is 9.78 Å². The summed E-state index contributed by atoms with van der Waals surface area (Å²) in [6.07, 6.45) is 4.91. The first-order valence-corrected chi connectivity index (χ1v) is 10.0. The number of hydrogen-bond acceptors (Lipinski definition) is 4. The summed E-state index contributed by atoms with van der Waals surface area (Å²) in [5.74, 6) is 0.385. The number of aromatic nitrogens is 1. The van der Waals surface area contributed by atoms with E-state index in [1.807, 2.05) is 13.0 Å². The second-order valence-electron chi connectivity index (χ2n) is 7.11. The minimum absolute atomic E-state index is 0.0509. The summed E-state index contributed by atoms with van der Waals surface area (Å²) in [6.45, 7) is 1.90. The zero-order valence-electron chi connectivity index (χ0n) is 16.5. The summed E-state index contributed by atoms with van der Waals surface area (Å²) >= 11 is 6.01. The molecular weight excluding hydrogens is 392 g/mol. The first kappa shape index (κ1) is 20.9. The van der Waals surface area contributed by atoms with Gasteiger partial charge in [-0.2, -0.15) is 0 Å². The second kappa shape index (κ2) is 9.60. The first-order valence-electron chi connectivity index (χ1n) is 9.63. The summed E-state index contributed by atoms with van der Waals surface area (Å²) in [7, 11) is 1.57. The highest BCUT2D eigenvalue weighted by Crippen LogP contribution is 2.24. The Kier molecular flexibility index (Phi) is 6.93. The van der Waals surface area contributed by atoms with Crippen molar-refractivity contribution >= 4 is 29.2 Å². The van der Waals surface area contributed by atoms with Crippen molar-refractivity contribution in [1.29, 1.82) is 0 Å². The van der Waals surface area contributed by atoms with Gasteiger partial charge in [-0.1, -0.05) is 11.6 Å². The Labute approximate surface area is 175 Å². The minimum atomic E-state index is -0.245. The summed E-state index contributed by atoms with van der Waals surface area (Å²) in [6, 6.07) is 8.66. The Hall–Kier alpha value is -2.80. The molecule has 7 nitrogen and oxygen atoms in total. The van der Waals surface area contributed by atoms with Crippen LogP contribution >= 0.6 is 11.6 Å². The third-order valence-electron chi connectivity index (χ3n) is 4.92. The summed E-state index contributed by atoms with van der Waals surface area (Å²) < 4.78 is 6.00. The molecule has 1 aliphatic rings. The van der Waals surface area contributed by atoms with Crippen molar-refractivity contribution in [2.75, 3.05) is 12.4 Å². The molecular formula is C21H25ClN4O3. The Morgan fingerprint density at radius 3 is 2.59 bits per heavy atom. The van der Waals surface area contributed by atoms with E-state index in [4.69, 9.17) is 16.3 Å². The normalized spacial score (nSPS) is 18.6. The van der Waals surface area contributed by atoms with Crippen LogP contribution in [0.2, 0.25) is 5.02 Å². The Morgan fingerprint density at radius 2 is 1.90 bits per heavy atom. The molecule has 0 bridgehead atoms. The van der Waals surface area contributed by atoms with E-state index >= 15 is 0 Å². The molecule has 1 saturated carbocycles. The molecule has 3 rings (SSSR count). The number of carbonyl (C=O) groups excluding carboxylic acids is 2. The summed E-state index contributed by atoms with van der Waals surface area (Å²) in [5, 5.41) is 9.08. The molecule has 1 aliphatic carbocycles. The van der Waals surface area contributed by atoms with E-state index in [0.29, 0.717) is 22.2 Å². The molecule has 0 unspecified atom stereocenters. The van der Waals surface area contributed by atoms with Crippen molar-refractivity contribution in [2.45, 2.75) is 44.8 Å². The molecule has 3 amide bonds. The smallest absolute Gasteiger partial charge is 0.319 e. The summed E-state index contributed by atoms with van der Waals surface area (Å²) in [4.78, 5) is 28.0. The zero-order chi connectivity index (χ0) is 20.8. The number of amides is 3. The fourth-order valence-corrected chi connectivity index (χ4v) is 3.45. The van der Waals surface area contributed by atoms with Crippen molar-refractivity contribution in [2.24, 2.45) is 0 Å². The van der Waals surface area contributed by atoms with Crippen molar-refractivity contribution < 1.29 is 14.3 Å². The lowest BCUT2D eigenvalue weighted by atomic mass is 9.93. The standard InChI is InChI=1S/C21H25ClN4O3/c1-13-11-15(5-8-18(13)22)26-21(28)25-14-3-6-16(7-4-14)29-17-9-10-24-19(12-17)20(27)23-2/h5,8-12,14,16H,3-4,6-7H2,1-2H3,(H,23,27)(H2,25,26,28). The van der Waals surface area contributed by atoms with Gasteiger partial charge in [-0.05, 0) is 62.4 Å². The second-order valence-corrected chi connectivity index (χ2v) is 7.52. The van der Waals surface area contributed by atoms with Gasteiger partial charge in [-0.25, -0.2) is 4.79 Å². The third-order valence-corrected chi connectivity index (χ3v) is 5.34. The van der Waals surface area contributed by atoms with Gasteiger partial charge in [-0.15, -0.1) is 0 Å². The lowest BCUT2D eigenvalue weighted by molar-refractivity contribution is 0.0956. The van der Waals surface area contributed by atoms with E-state index in [9.17, 15) is 9.59 Å². The van der Waals surface area contributed by atoms with Crippen LogP contribution in [0.4, 0.5) is 10.5 Å². The molecule has 0 radical (unpaired) electrons. The predicted octanol–water partition coefficient (Wildman–Crippen LogP) is 3.91. The van der Waals surface area contributed by atoms with Gasteiger partial charge < -0.3 is 20.7 Å². The molecule has 2 aromatic rings. The van der Waals surface area contributed by atoms with Gasteiger partial charge in [0.25, 0.3) is 5.91 Å². The molecule has 0 spiro atoms. The van der Waals surface area contributed by atoms with E-state index < -0.39 is 0 Å². The quantitative estimate of drug-likeness (QED) is 0.688. The maximum Gasteiger partial charge on any atom is 0.319 e. The number of hydrogen-bond donors (Lipinski definition) is 3. The van der Waals surface area contributed by atoms with Crippen LogP contribution in [0.25, 0.3) is 0 Å². The number of pyridine rings is 1. The maximum atomic E-state index is 12.2. The van der Waals surface area contributed by atoms with Gasteiger partial charge >= 0.3 is 6.03 Å². The summed E-state index contributed by atoms with van der Waals surface area (Å²) in [5.41, 5.74) is 1.96. The maximum absolute atomic E-state index is 12.2. The number of nitrogens with one attached hydrogen (secondary N) is 3. The number of carbonyl (C=O) groups is 2. The lowest BCUT2D eigenvalue weighted by Gasteiger charge is -2.29. The molecule has 0 saturated heterocycles. The molecule has 0 aliphatic heterocycles. The van der Waals surface area contributed by atoms with Crippen LogP contribution in [-0.2, 0) is 0 Å². The van der Waals surface area contributed by atoms with Crippen LogP contribution in [0.15, 0.2) is 36.5 Å².